The lowest BCUT2D eigenvalue weighted by molar-refractivity contribution is -0.385. The Balaban J connectivity index is 2.78. The third kappa shape index (κ3) is 5.57. The number of nitro benzene ring substituents is 2. The highest BCUT2D eigenvalue weighted by Crippen LogP contribution is 2.34. The Bertz CT molecular complexity index is 1080. The molecule has 0 spiro atoms. The molecular weight excluding hydrogens is 412 g/mol. The maximum Gasteiger partial charge on any atom is 0.269 e. The molecule has 10 nitrogen and oxygen atoms in total. The Morgan fingerprint density at radius 2 is 1.04 bits per heavy atom. The fourth-order valence-electron chi connectivity index (χ4n) is 2.72. The third-order valence-corrected chi connectivity index (χ3v) is 5.40. The number of hydrogen-bond donors (Lipinski definition) is 0. The van der Waals surface area contributed by atoms with Gasteiger partial charge in [0.05, 0.1) is 21.4 Å². The Labute approximate surface area is 161 Å². The van der Waals surface area contributed by atoms with E-state index in [0.717, 1.165) is 36.8 Å². The second-order valence-electron chi connectivity index (χ2n) is 6.34. The van der Waals surface area contributed by atoms with E-state index in [1.165, 1.54) is 12.1 Å². The maximum absolute atomic E-state index is 11.8. The van der Waals surface area contributed by atoms with Crippen LogP contribution in [0.15, 0.2) is 36.4 Å². The van der Waals surface area contributed by atoms with Crippen LogP contribution in [0.4, 0.5) is 11.4 Å². The lowest BCUT2D eigenvalue weighted by Gasteiger charge is -2.13. The lowest BCUT2D eigenvalue weighted by Crippen LogP contribution is -2.06. The van der Waals surface area contributed by atoms with Crippen molar-refractivity contribution in [2.45, 2.75) is 11.5 Å². The van der Waals surface area contributed by atoms with E-state index in [2.05, 4.69) is 0 Å². The molecule has 0 fully saturated rings. The highest BCUT2D eigenvalue weighted by atomic mass is 32.2. The summed E-state index contributed by atoms with van der Waals surface area (Å²) in [5.41, 5.74) is 0.0534. The average molecular weight is 428 g/mol. The molecule has 2 aromatic carbocycles. The van der Waals surface area contributed by atoms with Crippen molar-refractivity contribution in [1.82, 2.24) is 0 Å². The van der Waals surface area contributed by atoms with E-state index in [1.54, 1.807) is 0 Å². The van der Waals surface area contributed by atoms with Gasteiger partial charge in [0, 0.05) is 36.8 Å². The van der Waals surface area contributed by atoms with Crippen LogP contribution in [0.2, 0.25) is 0 Å². The molecule has 0 aliphatic heterocycles. The molecule has 2 rings (SSSR count). The van der Waals surface area contributed by atoms with Crippen LogP contribution in [-0.2, 0) is 31.2 Å². The first-order chi connectivity index (χ1) is 12.8. The Morgan fingerprint density at radius 1 is 0.714 bits per heavy atom. The lowest BCUT2D eigenvalue weighted by atomic mass is 9.95. The molecule has 0 saturated carbocycles. The van der Waals surface area contributed by atoms with Gasteiger partial charge in [0.2, 0.25) is 0 Å². The molecule has 0 aromatic heterocycles. The normalized spacial score (nSPS) is 11.9. The standard InChI is InChI=1S/C16H16N2O8S2/c1-27(23,24)9-11-7-13(17(19)20)3-5-15(11)16-6-4-14(18(21)22)8-12(16)10-28(2,25)26/h3-8H,9-10H2,1-2H3. The highest BCUT2D eigenvalue weighted by Gasteiger charge is 2.21. The van der Waals surface area contributed by atoms with E-state index >= 15 is 0 Å². The quantitative estimate of drug-likeness (QED) is 0.480. The van der Waals surface area contributed by atoms with Crippen molar-refractivity contribution in [3.63, 3.8) is 0 Å². The summed E-state index contributed by atoms with van der Waals surface area (Å²) in [6.45, 7) is 0. The summed E-state index contributed by atoms with van der Waals surface area (Å²) in [6, 6.07) is 7.14. The summed E-state index contributed by atoms with van der Waals surface area (Å²) in [5, 5.41) is 22.1. The number of nitrogens with zero attached hydrogens (tertiary/aromatic N) is 2. The van der Waals surface area contributed by atoms with Crippen molar-refractivity contribution >= 4 is 31.0 Å². The van der Waals surface area contributed by atoms with Gasteiger partial charge in [-0.2, -0.15) is 0 Å². The summed E-state index contributed by atoms with van der Waals surface area (Å²) in [6.07, 6.45) is 1.92. The van der Waals surface area contributed by atoms with Crippen LogP contribution in [0.3, 0.4) is 0 Å². The van der Waals surface area contributed by atoms with Crippen LogP contribution in [0, 0.1) is 20.2 Å². The first-order valence-electron chi connectivity index (χ1n) is 7.67. The molecule has 150 valence electrons. The van der Waals surface area contributed by atoms with Crippen molar-refractivity contribution in [3.05, 3.63) is 67.8 Å². The van der Waals surface area contributed by atoms with Crippen LogP contribution in [-0.4, -0.2) is 39.2 Å². The fraction of sp³-hybridized carbons (Fsp3) is 0.250. The molecule has 0 aliphatic carbocycles. The van der Waals surface area contributed by atoms with Gasteiger partial charge in [-0.15, -0.1) is 0 Å². The third-order valence-electron chi connectivity index (χ3n) is 3.72. The number of rotatable bonds is 7. The smallest absolute Gasteiger partial charge is 0.258 e. The van der Waals surface area contributed by atoms with Crippen LogP contribution >= 0.6 is 0 Å². The van der Waals surface area contributed by atoms with Crippen LogP contribution in [0.1, 0.15) is 11.1 Å². The van der Waals surface area contributed by atoms with Crippen molar-refractivity contribution in [3.8, 4) is 11.1 Å². The summed E-state index contributed by atoms with van der Waals surface area (Å²) in [4.78, 5) is 20.7. The number of sulfone groups is 2. The molecule has 2 aromatic rings. The van der Waals surface area contributed by atoms with Crippen molar-refractivity contribution in [1.29, 1.82) is 0 Å². The minimum Gasteiger partial charge on any atom is -0.258 e. The zero-order valence-corrected chi connectivity index (χ0v) is 16.5. The summed E-state index contributed by atoms with van der Waals surface area (Å²) >= 11 is 0. The zero-order chi connectivity index (χ0) is 21.3. The van der Waals surface area contributed by atoms with Gasteiger partial charge < -0.3 is 0 Å². The van der Waals surface area contributed by atoms with Gasteiger partial charge in [-0.05, 0) is 34.4 Å². The predicted octanol–water partition coefficient (Wildman–Crippen LogP) is 2.26. The van der Waals surface area contributed by atoms with Crippen LogP contribution in [0.25, 0.3) is 11.1 Å². The van der Waals surface area contributed by atoms with Gasteiger partial charge in [0.1, 0.15) is 0 Å². The number of hydrogen-bond acceptors (Lipinski definition) is 8. The first kappa shape index (κ1) is 21.4. The second-order valence-corrected chi connectivity index (χ2v) is 10.6. The van der Waals surface area contributed by atoms with Gasteiger partial charge in [0.15, 0.2) is 19.7 Å². The largest absolute Gasteiger partial charge is 0.269 e. The minimum atomic E-state index is -3.57. The minimum absolute atomic E-state index is 0.0975. The fourth-order valence-corrected chi connectivity index (χ4v) is 4.32. The summed E-state index contributed by atoms with van der Waals surface area (Å²) in [5.74, 6) is -1.03. The molecular formula is C16H16N2O8S2. The molecule has 0 aliphatic rings. The van der Waals surface area contributed by atoms with Gasteiger partial charge in [0.25, 0.3) is 11.4 Å². The maximum atomic E-state index is 11.8. The zero-order valence-electron chi connectivity index (χ0n) is 14.9. The molecule has 0 heterocycles. The number of benzene rings is 2. The number of non-ortho nitro benzene ring substituents is 2. The topological polar surface area (TPSA) is 155 Å². The van der Waals surface area contributed by atoms with Gasteiger partial charge in [-0.3, -0.25) is 20.2 Å². The molecule has 0 amide bonds. The van der Waals surface area contributed by atoms with E-state index in [1.807, 2.05) is 0 Å². The SMILES string of the molecule is CS(=O)(=O)Cc1cc([N+](=O)[O-])ccc1-c1ccc([N+](=O)[O-])cc1CS(C)(=O)=O. The van der Waals surface area contributed by atoms with Crippen molar-refractivity contribution in [2.75, 3.05) is 12.5 Å². The molecule has 0 N–H and O–H groups in total. The molecule has 12 heteroatoms. The van der Waals surface area contributed by atoms with E-state index in [4.69, 9.17) is 0 Å². The summed E-state index contributed by atoms with van der Waals surface area (Å²) < 4.78 is 47.1. The number of nitro groups is 2. The average Bonchev–Trinajstić information content (AvgIpc) is 2.52. The Morgan fingerprint density at radius 3 is 1.29 bits per heavy atom. The Hall–Kier alpha value is -2.86. The molecule has 28 heavy (non-hydrogen) atoms. The van der Waals surface area contributed by atoms with Gasteiger partial charge in [-0.25, -0.2) is 16.8 Å². The van der Waals surface area contributed by atoms with Crippen LogP contribution < -0.4 is 0 Å². The first-order valence-corrected chi connectivity index (χ1v) is 11.8. The van der Waals surface area contributed by atoms with E-state index in [9.17, 15) is 37.1 Å². The molecule has 0 atom stereocenters. The highest BCUT2D eigenvalue weighted by molar-refractivity contribution is 7.90. The molecule has 0 bridgehead atoms. The van der Waals surface area contributed by atoms with E-state index < -0.39 is 41.0 Å². The van der Waals surface area contributed by atoms with Crippen molar-refractivity contribution in [2.24, 2.45) is 0 Å². The Kier molecular flexibility index (Phi) is 5.85. The predicted molar refractivity (Wildman–Crippen MR) is 102 cm³/mol. The van der Waals surface area contributed by atoms with Crippen LogP contribution in [0.5, 0.6) is 0 Å². The molecule has 0 saturated heterocycles. The second kappa shape index (κ2) is 7.64. The van der Waals surface area contributed by atoms with E-state index in [0.29, 0.717) is 0 Å². The molecule has 0 radical (unpaired) electrons. The van der Waals surface area contributed by atoms with Gasteiger partial charge in [-0.1, -0.05) is 0 Å². The summed E-state index contributed by atoms with van der Waals surface area (Å²) in [7, 11) is -7.14. The molecule has 0 unspecified atom stereocenters. The van der Waals surface area contributed by atoms with Gasteiger partial charge >= 0.3 is 0 Å². The van der Waals surface area contributed by atoms with Crippen molar-refractivity contribution < 1.29 is 26.7 Å². The van der Waals surface area contributed by atoms with E-state index in [-0.39, 0.29) is 33.6 Å². The monoisotopic (exact) mass is 428 g/mol.